The molecule has 0 bridgehead atoms. The molecule has 2 heterocycles. The van der Waals surface area contributed by atoms with Crippen molar-refractivity contribution in [3.63, 3.8) is 0 Å². The molecule has 5 rings (SSSR count). The van der Waals surface area contributed by atoms with E-state index in [1.807, 2.05) is 43.4 Å². The highest BCUT2D eigenvalue weighted by atomic mass is 35.5. The fourth-order valence-corrected chi connectivity index (χ4v) is 4.87. The molecular formula is C28H22Cl2N4O2. The number of halogens is 2. The van der Waals surface area contributed by atoms with Crippen LogP contribution in [0.15, 0.2) is 85.3 Å². The van der Waals surface area contributed by atoms with Crippen LogP contribution < -0.4 is 5.32 Å². The molecule has 0 saturated heterocycles. The fourth-order valence-electron chi connectivity index (χ4n) is 4.55. The van der Waals surface area contributed by atoms with Crippen molar-refractivity contribution in [1.29, 1.82) is 0 Å². The number of nitrogens with zero attached hydrogens (tertiary/aromatic N) is 3. The summed E-state index contributed by atoms with van der Waals surface area (Å²) < 4.78 is 1.79. The van der Waals surface area contributed by atoms with Gasteiger partial charge in [-0.3, -0.25) is 4.79 Å². The Hall–Kier alpha value is -3.71. The second-order valence-electron chi connectivity index (χ2n) is 8.45. The molecule has 0 saturated carbocycles. The van der Waals surface area contributed by atoms with Gasteiger partial charge in [0.1, 0.15) is 5.69 Å². The van der Waals surface area contributed by atoms with Crippen LogP contribution in [0.4, 0.5) is 0 Å². The largest absolute Gasteiger partial charge is 0.374 e. The third kappa shape index (κ3) is 4.03. The van der Waals surface area contributed by atoms with Crippen LogP contribution in [-0.2, 0) is 12.6 Å². The third-order valence-electron chi connectivity index (χ3n) is 6.28. The highest BCUT2D eigenvalue weighted by molar-refractivity contribution is 6.31. The quantitative estimate of drug-likeness (QED) is 0.319. The van der Waals surface area contributed by atoms with Gasteiger partial charge in [-0.25, -0.2) is 9.97 Å². The minimum absolute atomic E-state index is 0.280. The first-order valence-corrected chi connectivity index (χ1v) is 12.0. The molecule has 2 N–H and O–H groups in total. The lowest BCUT2D eigenvalue weighted by Gasteiger charge is -2.32. The lowest BCUT2D eigenvalue weighted by Crippen LogP contribution is -2.32. The highest BCUT2D eigenvalue weighted by Crippen LogP contribution is 2.44. The number of fused-ring (bicyclic) bond motifs is 1. The summed E-state index contributed by atoms with van der Waals surface area (Å²) in [6, 6.07) is 21.7. The van der Waals surface area contributed by atoms with E-state index in [1.165, 1.54) is 0 Å². The zero-order valence-corrected chi connectivity index (χ0v) is 21.0. The second kappa shape index (κ2) is 9.39. The minimum atomic E-state index is -1.60. The molecule has 0 spiro atoms. The molecule has 1 atom stereocenters. The summed E-state index contributed by atoms with van der Waals surface area (Å²) in [5.41, 5.74) is 2.65. The monoisotopic (exact) mass is 516 g/mol. The van der Waals surface area contributed by atoms with Gasteiger partial charge >= 0.3 is 0 Å². The van der Waals surface area contributed by atoms with E-state index in [4.69, 9.17) is 23.2 Å². The Balaban J connectivity index is 1.89. The van der Waals surface area contributed by atoms with E-state index >= 15 is 0 Å². The van der Waals surface area contributed by atoms with Crippen LogP contribution in [0.25, 0.3) is 22.0 Å². The Kier molecular flexibility index (Phi) is 6.26. The van der Waals surface area contributed by atoms with Gasteiger partial charge in [0.25, 0.3) is 5.91 Å². The molecule has 0 radical (unpaired) electrons. The number of aliphatic hydroxyl groups is 1. The summed E-state index contributed by atoms with van der Waals surface area (Å²) in [6.45, 7) is 0. The Morgan fingerprint density at radius 2 is 1.78 bits per heavy atom. The number of benzene rings is 3. The Morgan fingerprint density at radius 1 is 1.00 bits per heavy atom. The van der Waals surface area contributed by atoms with Crippen LogP contribution >= 0.6 is 23.2 Å². The molecule has 2 aromatic heterocycles. The van der Waals surface area contributed by atoms with E-state index in [0.29, 0.717) is 38.1 Å². The van der Waals surface area contributed by atoms with Crippen LogP contribution in [0.5, 0.6) is 0 Å². The number of hydrogen-bond acceptors (Lipinski definition) is 4. The summed E-state index contributed by atoms with van der Waals surface area (Å²) in [5.74, 6) is -0.280. The topological polar surface area (TPSA) is 80.0 Å². The average Bonchev–Trinajstić information content (AvgIpc) is 3.33. The van der Waals surface area contributed by atoms with Gasteiger partial charge in [0.2, 0.25) is 0 Å². The van der Waals surface area contributed by atoms with E-state index in [9.17, 15) is 9.90 Å². The maximum absolute atomic E-state index is 12.6. The maximum Gasteiger partial charge on any atom is 0.269 e. The number of carbonyl (C=O) groups is 1. The van der Waals surface area contributed by atoms with E-state index in [1.54, 1.807) is 60.5 Å². The Labute approximate surface area is 218 Å². The van der Waals surface area contributed by atoms with Gasteiger partial charge in [-0.15, -0.1) is 0 Å². The van der Waals surface area contributed by atoms with Gasteiger partial charge in [0.15, 0.2) is 5.60 Å². The Bertz CT molecular complexity index is 1600. The van der Waals surface area contributed by atoms with Crippen LogP contribution in [-0.4, -0.2) is 32.6 Å². The van der Waals surface area contributed by atoms with E-state index in [0.717, 1.165) is 16.5 Å². The number of aromatic nitrogens is 3. The number of nitrogens with one attached hydrogen (secondary N) is 1. The van der Waals surface area contributed by atoms with Crippen molar-refractivity contribution in [2.75, 3.05) is 7.05 Å². The second-order valence-corrected chi connectivity index (χ2v) is 9.32. The van der Waals surface area contributed by atoms with Crippen molar-refractivity contribution in [1.82, 2.24) is 19.9 Å². The van der Waals surface area contributed by atoms with Crippen molar-refractivity contribution < 1.29 is 9.90 Å². The number of imidazole rings is 1. The van der Waals surface area contributed by atoms with E-state index < -0.39 is 5.60 Å². The number of pyridine rings is 1. The fraction of sp³-hybridized carbons (Fsp3) is 0.107. The van der Waals surface area contributed by atoms with Gasteiger partial charge < -0.3 is 15.0 Å². The number of hydrogen-bond donors (Lipinski definition) is 2. The first-order valence-electron chi connectivity index (χ1n) is 11.2. The SMILES string of the molecule is CNC(=O)c1ccc2c(-c3cccc(Cl)c3)c(C(O)(c3ccc(Cl)cc3)c3cncn3C)ccc2n1. The molecular weight excluding hydrogens is 495 g/mol. The summed E-state index contributed by atoms with van der Waals surface area (Å²) >= 11 is 12.6. The summed E-state index contributed by atoms with van der Waals surface area (Å²) in [5, 5.41) is 17.1. The van der Waals surface area contributed by atoms with Gasteiger partial charge in [0.05, 0.1) is 23.7 Å². The van der Waals surface area contributed by atoms with Crippen LogP contribution in [0.2, 0.25) is 10.0 Å². The van der Waals surface area contributed by atoms with Gasteiger partial charge in [-0.1, -0.05) is 53.5 Å². The molecule has 6 nitrogen and oxygen atoms in total. The van der Waals surface area contributed by atoms with Crippen LogP contribution in [0.3, 0.4) is 0 Å². The van der Waals surface area contributed by atoms with Crippen LogP contribution in [0.1, 0.15) is 27.3 Å². The molecule has 180 valence electrons. The van der Waals surface area contributed by atoms with Crippen molar-refractivity contribution in [2.24, 2.45) is 7.05 Å². The lowest BCUT2D eigenvalue weighted by atomic mass is 9.78. The average molecular weight is 517 g/mol. The molecule has 0 fully saturated rings. The summed E-state index contributed by atoms with van der Waals surface area (Å²) in [4.78, 5) is 21.1. The van der Waals surface area contributed by atoms with Crippen molar-refractivity contribution >= 4 is 40.0 Å². The van der Waals surface area contributed by atoms with Crippen molar-refractivity contribution in [2.45, 2.75) is 5.60 Å². The molecule has 0 aliphatic heterocycles. The maximum atomic E-state index is 12.6. The summed E-state index contributed by atoms with van der Waals surface area (Å²) in [6.07, 6.45) is 3.29. The number of aryl methyl sites for hydroxylation is 1. The van der Waals surface area contributed by atoms with Gasteiger partial charge in [0, 0.05) is 35.1 Å². The first kappa shape index (κ1) is 24.0. The van der Waals surface area contributed by atoms with Crippen molar-refractivity contribution in [3.8, 4) is 11.1 Å². The number of amides is 1. The lowest BCUT2D eigenvalue weighted by molar-refractivity contribution is 0.0958. The van der Waals surface area contributed by atoms with E-state index in [2.05, 4.69) is 15.3 Å². The molecule has 0 aliphatic carbocycles. The zero-order valence-electron chi connectivity index (χ0n) is 19.5. The molecule has 0 aliphatic rings. The molecule has 1 unspecified atom stereocenters. The van der Waals surface area contributed by atoms with E-state index in [-0.39, 0.29) is 5.91 Å². The normalized spacial score (nSPS) is 12.9. The zero-order chi connectivity index (χ0) is 25.4. The predicted molar refractivity (Wildman–Crippen MR) is 142 cm³/mol. The third-order valence-corrected chi connectivity index (χ3v) is 6.77. The molecule has 36 heavy (non-hydrogen) atoms. The Morgan fingerprint density at radius 3 is 2.44 bits per heavy atom. The van der Waals surface area contributed by atoms with Crippen molar-refractivity contribution in [3.05, 3.63) is 118 Å². The molecule has 1 amide bonds. The summed E-state index contributed by atoms with van der Waals surface area (Å²) in [7, 11) is 3.40. The smallest absolute Gasteiger partial charge is 0.269 e. The molecule has 3 aromatic carbocycles. The van der Waals surface area contributed by atoms with Crippen LogP contribution in [0, 0.1) is 0 Å². The number of carbonyl (C=O) groups excluding carboxylic acids is 1. The molecule has 5 aromatic rings. The first-order chi connectivity index (χ1) is 17.3. The highest BCUT2D eigenvalue weighted by Gasteiger charge is 2.39. The molecule has 8 heteroatoms. The van der Waals surface area contributed by atoms with Gasteiger partial charge in [-0.2, -0.15) is 0 Å². The standard InChI is InChI=1S/C28H22Cl2N4O2/c1-31-27(35)24-12-10-21-23(33-24)13-11-22(26(21)17-4-3-5-20(30)14-17)28(36,25-15-32-16-34(25)2)18-6-8-19(29)9-7-18/h3-16,36H,1-2H3,(H,31,35). The number of rotatable bonds is 5. The van der Waals surface area contributed by atoms with Gasteiger partial charge in [-0.05, 0) is 59.2 Å². The minimum Gasteiger partial charge on any atom is -0.374 e. The predicted octanol–water partition coefficient (Wildman–Crippen LogP) is 5.59.